The summed E-state index contributed by atoms with van der Waals surface area (Å²) in [6.45, 7) is 6.05. The number of rotatable bonds is 14. The number of fused-ring (bicyclic) bond motifs is 5. The lowest BCUT2D eigenvalue weighted by atomic mass is 9.83. The molecule has 544 valence electrons. The number of allylic oxidation sites excluding steroid dienone is 1. The molecule has 9 rings (SSSR count). The van der Waals surface area contributed by atoms with Gasteiger partial charge < -0.3 is 72.9 Å². The first kappa shape index (κ1) is 76.6. The molecule has 3 aliphatic rings. The maximum atomic E-state index is 15.5. The summed E-state index contributed by atoms with van der Waals surface area (Å²) in [4.78, 5) is 160. The molecule has 2 aromatic heterocycles. The third-order valence-electron chi connectivity index (χ3n) is 18.9. The van der Waals surface area contributed by atoms with Gasteiger partial charge in [0.15, 0.2) is 0 Å². The standard InChI is InChI=1S/C73H89F2N13O12S2/c1-42-63(91)83-57(33-46-38-79-54-21-17-48(74)35-52(46)54)65(93)84-58(34-47-39-80-55-22-18-49(75)36-53(47)55)66(94)86-62(72(2,3)71(99)100)67(95)85-59(37-50-13-9-26-77-50)68(96)87(5)60(32-43-15-19-51(89)20-16-43)69(97)88-28-10-24-73(88,4)70(98)78-27-30-102-41-45-12-8-11-44(31-45)40-101-29-23-61(90)82-56(64(92)81-42)14-6-7-25-76/h8,11-13,15-22,26,31,35-36,38-39,42,56-60,62,79-80,89H,6-7,9-10,14,23-25,27-30,32-34,37,40-41,76H2,1-5H3,(H,78,98)(H,81,92)(H,82,90)(H,83,91)(H,84,93)(H,85,95)(H,86,94)(H,99,100)/t42-,56+,57+,58+,59+,60+,62-,73+/m1/s1. The fourth-order valence-corrected chi connectivity index (χ4v) is 14.5. The summed E-state index contributed by atoms with van der Waals surface area (Å²) in [6, 6.07) is 10.7. The van der Waals surface area contributed by atoms with Crippen LogP contribution in [0.4, 0.5) is 8.78 Å². The molecular formula is C73H89F2N13O12S2. The molecule has 0 aliphatic carbocycles. The van der Waals surface area contributed by atoms with Crippen molar-refractivity contribution in [3.05, 3.63) is 149 Å². The van der Waals surface area contributed by atoms with Gasteiger partial charge in [0.1, 0.15) is 65.2 Å². The topological polar surface area (TPSA) is 372 Å². The number of likely N-dealkylation sites (N-methyl/N-ethyl adjacent to an activating group) is 1. The van der Waals surface area contributed by atoms with E-state index in [-0.39, 0.29) is 68.3 Å². The van der Waals surface area contributed by atoms with Gasteiger partial charge in [-0.15, -0.1) is 0 Å². The molecule has 8 atom stereocenters. The number of benzene rings is 4. The largest absolute Gasteiger partial charge is 0.508 e. The number of carbonyl (C=O) groups excluding carboxylic acids is 9. The normalized spacial score (nSPS) is 23.5. The van der Waals surface area contributed by atoms with Gasteiger partial charge in [-0.2, -0.15) is 23.5 Å². The minimum Gasteiger partial charge on any atom is -0.508 e. The average Bonchev–Trinajstić information content (AvgIpc) is 1.44. The van der Waals surface area contributed by atoms with Crippen molar-refractivity contribution in [2.75, 3.05) is 38.2 Å². The van der Waals surface area contributed by atoms with Crippen molar-refractivity contribution in [2.45, 2.75) is 158 Å². The zero-order valence-electron chi connectivity index (χ0n) is 57.6. The van der Waals surface area contributed by atoms with E-state index in [2.05, 4.69) is 58.2 Å². The molecule has 102 heavy (non-hydrogen) atoms. The Morgan fingerprint density at radius 2 is 1.29 bits per heavy atom. The van der Waals surface area contributed by atoms with Crippen LogP contribution in [0.25, 0.3) is 21.8 Å². The lowest BCUT2D eigenvalue weighted by molar-refractivity contribution is -0.154. The third kappa shape index (κ3) is 19.5. The summed E-state index contributed by atoms with van der Waals surface area (Å²) in [5.41, 5.74) is 6.59. The van der Waals surface area contributed by atoms with Crippen LogP contribution in [-0.2, 0) is 78.7 Å². The second-order valence-electron chi connectivity index (χ2n) is 26.8. The number of aromatic amines is 2. The Kier molecular flexibility index (Phi) is 26.2. The molecule has 0 radical (unpaired) electrons. The quantitative estimate of drug-likeness (QED) is 0.0602. The fourth-order valence-electron chi connectivity index (χ4n) is 12.8. The monoisotopic (exact) mass is 1440 g/mol. The van der Waals surface area contributed by atoms with E-state index in [1.165, 1.54) is 91.6 Å². The number of carboxylic acids is 1. The molecule has 29 heteroatoms. The Labute approximate surface area is 597 Å². The maximum absolute atomic E-state index is 15.5. The van der Waals surface area contributed by atoms with Crippen molar-refractivity contribution >= 4 is 111 Å². The van der Waals surface area contributed by atoms with Crippen LogP contribution in [0, 0.1) is 17.0 Å². The van der Waals surface area contributed by atoms with E-state index in [0.29, 0.717) is 88.5 Å². The molecule has 2 bridgehead atoms. The van der Waals surface area contributed by atoms with Crippen molar-refractivity contribution in [3.63, 3.8) is 0 Å². The summed E-state index contributed by atoms with van der Waals surface area (Å²) in [7, 11) is 1.36. The first-order chi connectivity index (χ1) is 48.7. The van der Waals surface area contributed by atoms with Gasteiger partial charge in [-0.25, -0.2) is 8.78 Å². The molecule has 3 aliphatic heterocycles. The van der Waals surface area contributed by atoms with Gasteiger partial charge in [0.2, 0.25) is 53.2 Å². The number of nitrogens with two attached hydrogens (primary N) is 1. The van der Waals surface area contributed by atoms with Crippen LogP contribution < -0.4 is 43.0 Å². The highest BCUT2D eigenvalue weighted by atomic mass is 32.2. The number of halogens is 2. The van der Waals surface area contributed by atoms with Crippen molar-refractivity contribution in [2.24, 2.45) is 16.1 Å². The third-order valence-corrected chi connectivity index (χ3v) is 20.9. The number of phenolic OH excluding ortho intramolecular Hbond substituents is 1. The number of amides is 9. The number of phenols is 1. The molecule has 9 amide bonds. The van der Waals surface area contributed by atoms with E-state index >= 15 is 28.4 Å². The van der Waals surface area contributed by atoms with E-state index in [1.807, 2.05) is 18.2 Å². The van der Waals surface area contributed by atoms with Crippen LogP contribution in [0.3, 0.4) is 0 Å². The van der Waals surface area contributed by atoms with Crippen LogP contribution >= 0.6 is 23.5 Å². The summed E-state index contributed by atoms with van der Waals surface area (Å²) in [5, 5.41) is 41.0. The lowest BCUT2D eigenvalue weighted by Crippen LogP contribution is -2.64. The second-order valence-corrected chi connectivity index (χ2v) is 29.0. The van der Waals surface area contributed by atoms with Crippen molar-refractivity contribution in [1.82, 2.24) is 57.0 Å². The van der Waals surface area contributed by atoms with Gasteiger partial charge in [-0.3, -0.25) is 52.9 Å². The number of unbranched alkanes of at least 4 members (excludes halogenated alkanes) is 1. The van der Waals surface area contributed by atoms with E-state index < -0.39 is 130 Å². The molecular weight excluding hydrogens is 1350 g/mol. The summed E-state index contributed by atoms with van der Waals surface area (Å²) >= 11 is 3.12. The minimum atomic E-state index is -2.23. The number of carboxylic acid groups (broad SMARTS) is 1. The fraction of sp³-hybridized carbons (Fsp3) is 0.438. The Morgan fingerprint density at radius 3 is 1.90 bits per heavy atom. The Balaban J connectivity index is 1.08. The highest BCUT2D eigenvalue weighted by molar-refractivity contribution is 7.98. The minimum absolute atomic E-state index is 0.0512. The first-order valence-corrected chi connectivity index (χ1v) is 36.4. The van der Waals surface area contributed by atoms with Gasteiger partial charge in [-0.1, -0.05) is 42.5 Å². The molecule has 5 heterocycles. The average molecular weight is 1440 g/mol. The van der Waals surface area contributed by atoms with Crippen LogP contribution in [0.5, 0.6) is 5.75 Å². The number of thioether (sulfide) groups is 2. The number of aliphatic carboxylic acids is 1. The SMILES string of the molecule is C[C@H]1NC(=O)[C@H](CCCCN)NC(=O)CCSCc2cccc(c2)CSCCNC(=O)[C@]2(C)CCCN2C(=O)[C@H](Cc2ccc(O)cc2)N(C)C(=O)[C@H](CC2=CCC=N2)NC(=O)[C@H](C(C)(C)C(=O)O)NC(=O)[C@H](Cc2c[nH]c3ccc(F)cc23)NC(=O)[C@H](Cc2c[nH]c3ccc(F)cc23)NC1=O. The number of aromatic hydroxyl groups is 1. The van der Waals surface area contributed by atoms with E-state index in [4.69, 9.17) is 5.73 Å². The summed E-state index contributed by atoms with van der Waals surface area (Å²) in [5.74, 6) is -8.13. The second kappa shape index (κ2) is 34.8. The molecule has 0 saturated carbocycles. The predicted octanol–water partition coefficient (Wildman–Crippen LogP) is 5.47. The van der Waals surface area contributed by atoms with Gasteiger partial charge in [0.25, 0.3) is 0 Å². The zero-order valence-corrected chi connectivity index (χ0v) is 59.3. The van der Waals surface area contributed by atoms with Gasteiger partial charge >= 0.3 is 5.97 Å². The van der Waals surface area contributed by atoms with Crippen LogP contribution in [0.15, 0.2) is 114 Å². The number of hydrogen-bond donors (Lipinski definition) is 12. The maximum Gasteiger partial charge on any atom is 0.311 e. The molecule has 13 N–H and O–H groups in total. The molecule has 6 aromatic rings. The Bertz CT molecular complexity index is 4150. The number of carbonyl (C=O) groups is 10. The predicted molar refractivity (Wildman–Crippen MR) is 385 cm³/mol. The molecule has 0 spiro atoms. The highest BCUT2D eigenvalue weighted by Crippen LogP contribution is 2.33. The Hall–Kier alpha value is -9.61. The van der Waals surface area contributed by atoms with E-state index in [1.54, 1.807) is 43.1 Å². The van der Waals surface area contributed by atoms with Crippen LogP contribution in [0.1, 0.15) is 107 Å². The van der Waals surface area contributed by atoms with Gasteiger partial charge in [0, 0.05) is 128 Å². The van der Waals surface area contributed by atoms with Crippen molar-refractivity contribution < 1.29 is 66.9 Å². The number of H-pyrrole nitrogens is 2. The highest BCUT2D eigenvalue weighted by Gasteiger charge is 2.50. The smallest absolute Gasteiger partial charge is 0.311 e. The number of nitrogens with zero attached hydrogens (tertiary/aromatic N) is 3. The van der Waals surface area contributed by atoms with E-state index in [0.717, 1.165) is 29.9 Å². The summed E-state index contributed by atoms with van der Waals surface area (Å²) < 4.78 is 30.1. The lowest BCUT2D eigenvalue weighted by Gasteiger charge is -2.39. The number of aliphatic imine (C=N–C) groups is 1. The molecule has 0 unspecified atom stereocenters. The Morgan fingerprint density at radius 1 is 0.696 bits per heavy atom. The number of hydrogen-bond acceptors (Lipinski definition) is 15. The van der Waals surface area contributed by atoms with Crippen LogP contribution in [0.2, 0.25) is 0 Å². The van der Waals surface area contributed by atoms with Crippen LogP contribution in [-0.4, -0.2) is 181 Å². The van der Waals surface area contributed by atoms with Gasteiger partial charge in [0.05, 0.1) is 5.41 Å². The van der Waals surface area contributed by atoms with Gasteiger partial charge in [-0.05, 0) is 143 Å². The molecule has 4 aromatic carbocycles. The van der Waals surface area contributed by atoms with Crippen molar-refractivity contribution in [1.29, 1.82) is 0 Å². The van der Waals surface area contributed by atoms with Crippen molar-refractivity contribution in [3.8, 4) is 5.75 Å². The van der Waals surface area contributed by atoms with E-state index in [9.17, 15) is 38.6 Å². The summed E-state index contributed by atoms with van der Waals surface area (Å²) in [6.07, 6.45) is 7.24. The first-order valence-electron chi connectivity index (χ1n) is 34.1. The molecule has 25 nitrogen and oxygen atoms in total. The number of aromatic nitrogens is 2. The molecule has 1 saturated heterocycles. The molecule has 1 fully saturated rings. The zero-order chi connectivity index (χ0) is 73.4. The number of nitrogens with one attached hydrogen (secondary N) is 9.